The summed E-state index contributed by atoms with van der Waals surface area (Å²) in [5.41, 5.74) is -0.0132. The van der Waals surface area contributed by atoms with E-state index in [2.05, 4.69) is 9.97 Å². The second-order valence-electron chi connectivity index (χ2n) is 6.16. The predicted octanol–water partition coefficient (Wildman–Crippen LogP) is 1.74. The molecule has 0 N–H and O–H groups in total. The molecule has 0 saturated heterocycles. The number of methoxy groups -OCH3 is 1. The molecule has 1 atom stereocenters. The number of hydrogen-bond donors (Lipinski definition) is 0. The maximum atomic E-state index is 12.8. The van der Waals surface area contributed by atoms with Crippen molar-refractivity contribution in [2.45, 2.75) is 23.6 Å². The number of benzene rings is 1. The summed E-state index contributed by atoms with van der Waals surface area (Å²) in [7, 11) is 4.28. The number of hydrogen-bond acceptors (Lipinski definition) is 7. The Kier molecular flexibility index (Phi) is 5.64. The van der Waals surface area contributed by atoms with E-state index in [1.807, 2.05) is 37.3 Å². The van der Waals surface area contributed by atoms with Crippen LogP contribution in [-0.4, -0.2) is 37.4 Å². The normalized spacial score (nSPS) is 12.1. The van der Waals surface area contributed by atoms with Gasteiger partial charge in [0.2, 0.25) is 0 Å². The Hall–Kier alpha value is -2.94. The van der Waals surface area contributed by atoms with E-state index in [-0.39, 0.29) is 11.0 Å². The molecule has 0 amide bonds. The van der Waals surface area contributed by atoms with Gasteiger partial charge in [-0.25, -0.2) is 14.8 Å². The van der Waals surface area contributed by atoms with Crippen LogP contribution in [-0.2, 0) is 23.6 Å². The Morgan fingerprint density at radius 3 is 2.43 bits per heavy atom. The van der Waals surface area contributed by atoms with Crippen molar-refractivity contribution in [1.82, 2.24) is 19.1 Å². The third-order valence-electron chi connectivity index (χ3n) is 4.39. The fourth-order valence-corrected chi connectivity index (χ4v) is 3.86. The number of fused-ring (bicyclic) bond motifs is 1. The Labute approximate surface area is 165 Å². The van der Waals surface area contributed by atoms with Crippen LogP contribution in [0.5, 0.6) is 0 Å². The van der Waals surface area contributed by atoms with Crippen molar-refractivity contribution in [3.63, 3.8) is 0 Å². The van der Waals surface area contributed by atoms with Crippen LogP contribution < -0.4 is 11.2 Å². The molecule has 0 spiro atoms. The molecule has 1 aromatic carbocycles. The Balaban J connectivity index is 2.34. The first-order valence-corrected chi connectivity index (χ1v) is 9.54. The van der Waals surface area contributed by atoms with E-state index in [1.54, 1.807) is 7.05 Å². The van der Waals surface area contributed by atoms with Gasteiger partial charge in [-0.15, -0.1) is 0 Å². The molecule has 3 rings (SSSR count). The highest BCUT2D eigenvalue weighted by atomic mass is 32.2. The minimum Gasteiger partial charge on any atom is -0.468 e. The number of aryl methyl sites for hydroxylation is 1. The molecule has 8 nitrogen and oxygen atoms in total. The second-order valence-corrected chi connectivity index (χ2v) is 7.35. The fourth-order valence-electron chi connectivity index (χ4n) is 2.79. The Morgan fingerprint density at radius 1 is 1.14 bits per heavy atom. The van der Waals surface area contributed by atoms with Gasteiger partial charge in [-0.1, -0.05) is 49.0 Å². The molecule has 0 aliphatic carbocycles. The highest BCUT2D eigenvalue weighted by Gasteiger charge is 2.24. The molecule has 146 valence electrons. The van der Waals surface area contributed by atoms with Crippen LogP contribution in [0.15, 0.2) is 44.9 Å². The molecule has 0 unspecified atom stereocenters. The van der Waals surface area contributed by atoms with Gasteiger partial charge in [0.05, 0.1) is 7.11 Å². The number of esters is 1. The van der Waals surface area contributed by atoms with Gasteiger partial charge in [0.25, 0.3) is 5.56 Å². The molecule has 2 heterocycles. The maximum absolute atomic E-state index is 12.8. The minimum absolute atomic E-state index is 0.205. The summed E-state index contributed by atoms with van der Waals surface area (Å²) in [5, 5.41) is 0.0163. The zero-order valence-corrected chi connectivity index (χ0v) is 16.8. The van der Waals surface area contributed by atoms with E-state index in [0.29, 0.717) is 17.3 Å². The van der Waals surface area contributed by atoms with Crippen LogP contribution in [0.25, 0.3) is 22.4 Å². The van der Waals surface area contributed by atoms with Crippen LogP contribution in [0.4, 0.5) is 0 Å². The summed E-state index contributed by atoms with van der Waals surface area (Å²) in [6.45, 7) is 1.85. The molecular weight excluding hydrogens is 380 g/mol. The molecule has 0 aliphatic rings. The lowest BCUT2D eigenvalue weighted by molar-refractivity contribution is -0.140. The summed E-state index contributed by atoms with van der Waals surface area (Å²) in [4.78, 5) is 46.3. The highest BCUT2D eigenvalue weighted by molar-refractivity contribution is 8.00. The average molecular weight is 400 g/mol. The lowest BCUT2D eigenvalue weighted by Gasteiger charge is -2.15. The molecular formula is C19H20N4O4S. The zero-order valence-electron chi connectivity index (χ0n) is 16.0. The first-order chi connectivity index (χ1) is 13.4. The van der Waals surface area contributed by atoms with Gasteiger partial charge in [0.1, 0.15) is 15.7 Å². The zero-order chi connectivity index (χ0) is 20.4. The van der Waals surface area contributed by atoms with E-state index in [9.17, 15) is 14.4 Å². The number of carbonyl (C=O) groups excluding carboxylic acids is 1. The lowest BCUT2D eigenvalue weighted by atomic mass is 10.2. The maximum Gasteiger partial charge on any atom is 0.332 e. The van der Waals surface area contributed by atoms with Crippen LogP contribution >= 0.6 is 11.8 Å². The van der Waals surface area contributed by atoms with Gasteiger partial charge in [0.15, 0.2) is 11.5 Å². The number of thioether (sulfide) groups is 1. The van der Waals surface area contributed by atoms with E-state index in [1.165, 1.54) is 18.7 Å². The molecule has 3 aromatic rings. The molecule has 2 aromatic heterocycles. The van der Waals surface area contributed by atoms with E-state index in [4.69, 9.17) is 4.74 Å². The monoisotopic (exact) mass is 400 g/mol. The quantitative estimate of drug-likeness (QED) is 0.366. The molecule has 9 heteroatoms. The third kappa shape index (κ3) is 3.45. The van der Waals surface area contributed by atoms with E-state index >= 15 is 0 Å². The summed E-state index contributed by atoms with van der Waals surface area (Å²) in [5.74, 6) is -0.0271. The van der Waals surface area contributed by atoms with Gasteiger partial charge in [-0.2, -0.15) is 0 Å². The van der Waals surface area contributed by atoms with Crippen molar-refractivity contribution in [1.29, 1.82) is 0 Å². The highest BCUT2D eigenvalue weighted by Crippen LogP contribution is 2.30. The third-order valence-corrected chi connectivity index (χ3v) is 5.72. The first kappa shape index (κ1) is 19.8. The standard InChI is InChI=1S/C19H20N4O4S/c1-5-12(18(25)27-4)28-16-13-15(22(2)19(26)23(3)17(13)24)20-14(21-16)11-9-7-6-8-10-11/h6-10,12H,5H2,1-4H3/t12-/m1/s1. The Bertz CT molecular complexity index is 1150. The molecule has 0 aliphatic heterocycles. The average Bonchev–Trinajstić information content (AvgIpc) is 2.73. The SMILES string of the molecule is CC[C@@H](Sc1nc(-c2ccccc2)nc2c1c(=O)n(C)c(=O)n2C)C(=O)OC. The van der Waals surface area contributed by atoms with Crippen LogP contribution in [0.1, 0.15) is 13.3 Å². The number of rotatable bonds is 5. The van der Waals surface area contributed by atoms with E-state index < -0.39 is 22.5 Å². The molecule has 0 saturated carbocycles. The van der Waals surface area contributed by atoms with Gasteiger partial charge in [-0.3, -0.25) is 18.7 Å². The van der Waals surface area contributed by atoms with Crippen LogP contribution in [0.2, 0.25) is 0 Å². The summed E-state index contributed by atoms with van der Waals surface area (Å²) >= 11 is 1.14. The van der Waals surface area contributed by atoms with Crippen LogP contribution in [0, 0.1) is 0 Å². The van der Waals surface area contributed by atoms with E-state index in [0.717, 1.165) is 21.9 Å². The number of ether oxygens (including phenoxy) is 1. The van der Waals surface area contributed by atoms with Crippen molar-refractivity contribution < 1.29 is 9.53 Å². The van der Waals surface area contributed by atoms with Gasteiger partial charge in [-0.05, 0) is 6.42 Å². The summed E-state index contributed by atoms with van der Waals surface area (Å²) in [6.07, 6.45) is 0.496. The summed E-state index contributed by atoms with van der Waals surface area (Å²) in [6, 6.07) is 9.25. The molecule has 28 heavy (non-hydrogen) atoms. The fraction of sp³-hybridized carbons (Fsp3) is 0.316. The van der Waals surface area contributed by atoms with Gasteiger partial charge < -0.3 is 4.74 Å². The predicted molar refractivity (Wildman–Crippen MR) is 107 cm³/mol. The lowest BCUT2D eigenvalue weighted by Crippen LogP contribution is -2.37. The van der Waals surface area contributed by atoms with Gasteiger partial charge in [0, 0.05) is 19.7 Å². The van der Waals surface area contributed by atoms with Crippen molar-refractivity contribution in [3.8, 4) is 11.4 Å². The van der Waals surface area contributed by atoms with Crippen molar-refractivity contribution in [3.05, 3.63) is 51.2 Å². The van der Waals surface area contributed by atoms with Gasteiger partial charge >= 0.3 is 11.7 Å². The summed E-state index contributed by atoms with van der Waals surface area (Å²) < 4.78 is 7.18. The van der Waals surface area contributed by atoms with Crippen molar-refractivity contribution in [2.75, 3.05) is 7.11 Å². The second kappa shape index (κ2) is 7.97. The Morgan fingerprint density at radius 2 is 1.82 bits per heavy atom. The topological polar surface area (TPSA) is 96.1 Å². The minimum atomic E-state index is -0.534. The number of nitrogens with zero attached hydrogens (tertiary/aromatic N) is 4. The largest absolute Gasteiger partial charge is 0.468 e. The smallest absolute Gasteiger partial charge is 0.332 e. The molecule has 0 radical (unpaired) electrons. The number of carbonyl (C=O) groups is 1. The number of aromatic nitrogens is 4. The molecule has 0 fully saturated rings. The van der Waals surface area contributed by atoms with Crippen LogP contribution in [0.3, 0.4) is 0 Å². The molecule has 0 bridgehead atoms. The van der Waals surface area contributed by atoms with Crippen molar-refractivity contribution >= 4 is 28.8 Å². The van der Waals surface area contributed by atoms with Crippen molar-refractivity contribution in [2.24, 2.45) is 14.1 Å². The first-order valence-electron chi connectivity index (χ1n) is 8.66.